The number of nitro benzene ring substituents is 1. The maximum Gasteiger partial charge on any atom is 0.417 e. The Morgan fingerprint density at radius 2 is 1.81 bits per heavy atom. The standard InChI is InChI=1S/C13H8F3IN2O2/c14-13(15,16)9-4-2-1-3-8(9)7-5-10(17)12(18)11(6-7)19(20)21/h1-6H,18H2. The Morgan fingerprint density at radius 3 is 2.38 bits per heavy atom. The Morgan fingerprint density at radius 1 is 1.19 bits per heavy atom. The van der Waals surface area contributed by atoms with Gasteiger partial charge < -0.3 is 5.73 Å². The van der Waals surface area contributed by atoms with Crippen molar-refractivity contribution in [1.82, 2.24) is 0 Å². The monoisotopic (exact) mass is 408 g/mol. The SMILES string of the molecule is Nc1c(I)cc(-c2ccccc2C(F)(F)F)cc1[N+](=O)[O-]. The minimum atomic E-state index is -4.54. The number of nitrogens with two attached hydrogens (primary N) is 1. The molecule has 0 bridgehead atoms. The van der Waals surface area contributed by atoms with E-state index >= 15 is 0 Å². The first-order valence-electron chi connectivity index (χ1n) is 5.62. The number of benzene rings is 2. The van der Waals surface area contributed by atoms with Crippen molar-refractivity contribution in [1.29, 1.82) is 0 Å². The van der Waals surface area contributed by atoms with E-state index in [-0.39, 0.29) is 16.8 Å². The van der Waals surface area contributed by atoms with Gasteiger partial charge in [-0.25, -0.2) is 0 Å². The first-order chi connectivity index (χ1) is 9.71. The Labute approximate surface area is 131 Å². The first kappa shape index (κ1) is 15.5. The molecule has 0 heterocycles. The van der Waals surface area contributed by atoms with Crippen LogP contribution in [0.3, 0.4) is 0 Å². The molecule has 21 heavy (non-hydrogen) atoms. The molecule has 0 fully saturated rings. The van der Waals surface area contributed by atoms with E-state index in [0.29, 0.717) is 3.57 Å². The van der Waals surface area contributed by atoms with Gasteiger partial charge in [0.05, 0.1) is 10.5 Å². The van der Waals surface area contributed by atoms with Crippen LogP contribution in [-0.4, -0.2) is 4.92 Å². The molecular weight excluding hydrogens is 400 g/mol. The maximum absolute atomic E-state index is 13.0. The van der Waals surface area contributed by atoms with Gasteiger partial charge in [0, 0.05) is 9.64 Å². The lowest BCUT2D eigenvalue weighted by atomic mass is 9.98. The zero-order valence-corrected chi connectivity index (χ0v) is 12.5. The molecule has 0 atom stereocenters. The number of nitro groups is 1. The van der Waals surface area contributed by atoms with E-state index in [4.69, 9.17) is 5.73 Å². The van der Waals surface area contributed by atoms with E-state index in [1.54, 1.807) is 22.6 Å². The van der Waals surface area contributed by atoms with E-state index < -0.39 is 22.4 Å². The molecule has 2 aromatic carbocycles. The van der Waals surface area contributed by atoms with Crippen molar-refractivity contribution in [3.8, 4) is 11.1 Å². The smallest absolute Gasteiger partial charge is 0.392 e. The van der Waals surface area contributed by atoms with Crippen molar-refractivity contribution in [3.63, 3.8) is 0 Å². The van der Waals surface area contributed by atoms with Gasteiger partial charge in [0.25, 0.3) is 5.69 Å². The second kappa shape index (κ2) is 5.51. The summed E-state index contributed by atoms with van der Waals surface area (Å²) in [6, 6.07) is 7.37. The van der Waals surface area contributed by atoms with Crippen LogP contribution in [0.4, 0.5) is 24.5 Å². The molecule has 8 heteroatoms. The van der Waals surface area contributed by atoms with Gasteiger partial charge in [-0.1, -0.05) is 18.2 Å². The molecule has 2 N–H and O–H groups in total. The van der Waals surface area contributed by atoms with Crippen molar-refractivity contribution in [3.05, 3.63) is 55.6 Å². The van der Waals surface area contributed by atoms with Crippen LogP contribution < -0.4 is 5.73 Å². The largest absolute Gasteiger partial charge is 0.417 e. The van der Waals surface area contributed by atoms with E-state index in [9.17, 15) is 23.3 Å². The van der Waals surface area contributed by atoms with E-state index in [0.717, 1.165) is 12.1 Å². The number of halogens is 4. The van der Waals surface area contributed by atoms with Crippen LogP contribution in [0, 0.1) is 13.7 Å². The van der Waals surface area contributed by atoms with Gasteiger partial charge in [-0.3, -0.25) is 10.1 Å². The van der Waals surface area contributed by atoms with Gasteiger partial charge in [0.15, 0.2) is 0 Å². The van der Waals surface area contributed by atoms with Crippen LogP contribution in [0.25, 0.3) is 11.1 Å². The number of alkyl halides is 3. The van der Waals surface area contributed by atoms with Gasteiger partial charge in [0.2, 0.25) is 0 Å². The summed E-state index contributed by atoms with van der Waals surface area (Å²) in [6.07, 6.45) is -4.54. The van der Waals surface area contributed by atoms with Crippen molar-refractivity contribution >= 4 is 34.0 Å². The van der Waals surface area contributed by atoms with Gasteiger partial charge >= 0.3 is 6.18 Å². The third-order valence-corrected chi connectivity index (χ3v) is 3.74. The fraction of sp³-hybridized carbons (Fsp3) is 0.0769. The average Bonchev–Trinajstić information content (AvgIpc) is 2.40. The zero-order valence-electron chi connectivity index (χ0n) is 10.3. The van der Waals surface area contributed by atoms with E-state index in [1.165, 1.54) is 24.3 Å². The molecule has 0 radical (unpaired) electrons. The van der Waals surface area contributed by atoms with Crippen LogP contribution in [0.2, 0.25) is 0 Å². The highest BCUT2D eigenvalue weighted by atomic mass is 127. The third-order valence-electron chi connectivity index (χ3n) is 2.85. The summed E-state index contributed by atoms with van der Waals surface area (Å²) in [5, 5.41) is 10.9. The minimum Gasteiger partial charge on any atom is -0.392 e. The molecule has 0 unspecified atom stereocenters. The summed E-state index contributed by atoms with van der Waals surface area (Å²) >= 11 is 1.76. The summed E-state index contributed by atoms with van der Waals surface area (Å²) < 4.78 is 39.4. The molecule has 0 amide bonds. The first-order valence-corrected chi connectivity index (χ1v) is 6.69. The topological polar surface area (TPSA) is 69.2 Å². The molecular formula is C13H8F3IN2O2. The van der Waals surface area contributed by atoms with Crippen molar-refractivity contribution in [2.75, 3.05) is 5.73 Å². The number of rotatable bonds is 2. The molecule has 0 aliphatic rings. The molecule has 0 aromatic heterocycles. The molecule has 2 aromatic rings. The van der Waals surface area contributed by atoms with Crippen molar-refractivity contribution < 1.29 is 18.1 Å². The maximum atomic E-state index is 13.0. The molecule has 0 aliphatic carbocycles. The quantitative estimate of drug-likeness (QED) is 0.345. The highest BCUT2D eigenvalue weighted by Gasteiger charge is 2.33. The molecule has 4 nitrogen and oxygen atoms in total. The fourth-order valence-electron chi connectivity index (χ4n) is 1.89. The molecule has 2 rings (SSSR count). The lowest BCUT2D eigenvalue weighted by Crippen LogP contribution is -2.07. The minimum absolute atomic E-state index is 0.0613. The summed E-state index contributed by atoms with van der Waals surface area (Å²) in [7, 11) is 0. The Balaban J connectivity index is 2.72. The molecule has 0 aliphatic heterocycles. The second-order valence-electron chi connectivity index (χ2n) is 4.19. The predicted molar refractivity (Wildman–Crippen MR) is 80.7 cm³/mol. The number of hydrogen-bond donors (Lipinski definition) is 1. The Bertz CT molecular complexity index is 717. The highest BCUT2D eigenvalue weighted by Crippen LogP contribution is 2.39. The Kier molecular flexibility index (Phi) is 4.08. The van der Waals surface area contributed by atoms with Gasteiger partial charge in [-0.05, 0) is 45.9 Å². The summed E-state index contributed by atoms with van der Waals surface area (Å²) in [5.41, 5.74) is 4.25. The van der Waals surface area contributed by atoms with Crippen LogP contribution in [0.15, 0.2) is 36.4 Å². The van der Waals surface area contributed by atoms with Gasteiger partial charge in [-0.15, -0.1) is 0 Å². The zero-order chi connectivity index (χ0) is 15.8. The van der Waals surface area contributed by atoms with Gasteiger partial charge in [-0.2, -0.15) is 13.2 Å². The summed E-state index contributed by atoms with van der Waals surface area (Å²) in [4.78, 5) is 10.2. The van der Waals surface area contributed by atoms with Crippen molar-refractivity contribution in [2.24, 2.45) is 0 Å². The average molecular weight is 408 g/mol. The van der Waals surface area contributed by atoms with Crippen LogP contribution in [0.1, 0.15) is 5.56 Å². The highest BCUT2D eigenvalue weighted by molar-refractivity contribution is 14.1. The van der Waals surface area contributed by atoms with Gasteiger partial charge in [0.1, 0.15) is 5.69 Å². The molecule has 0 saturated carbocycles. The Hall–Kier alpha value is -1.84. The third kappa shape index (κ3) is 3.09. The van der Waals surface area contributed by atoms with Crippen LogP contribution >= 0.6 is 22.6 Å². The molecule has 0 spiro atoms. The summed E-state index contributed by atoms with van der Waals surface area (Å²) in [6.45, 7) is 0. The number of nitrogen functional groups attached to an aromatic ring is 1. The lowest BCUT2D eigenvalue weighted by molar-refractivity contribution is -0.383. The van der Waals surface area contributed by atoms with Crippen molar-refractivity contribution in [2.45, 2.75) is 6.18 Å². The van der Waals surface area contributed by atoms with Crippen LogP contribution in [-0.2, 0) is 6.18 Å². The second-order valence-corrected chi connectivity index (χ2v) is 5.35. The predicted octanol–water partition coefficient (Wildman–Crippen LogP) is 4.47. The van der Waals surface area contributed by atoms with E-state index in [1.807, 2.05) is 0 Å². The summed E-state index contributed by atoms with van der Waals surface area (Å²) in [5.74, 6) is 0. The number of hydrogen-bond acceptors (Lipinski definition) is 3. The molecule has 0 saturated heterocycles. The fourth-order valence-corrected chi connectivity index (χ4v) is 2.50. The van der Waals surface area contributed by atoms with E-state index in [2.05, 4.69) is 0 Å². The normalized spacial score (nSPS) is 11.4. The molecule has 110 valence electrons. The number of anilines is 1. The van der Waals surface area contributed by atoms with Crippen LogP contribution in [0.5, 0.6) is 0 Å². The lowest BCUT2D eigenvalue weighted by Gasteiger charge is -2.13. The number of nitrogens with zero attached hydrogens (tertiary/aromatic N) is 1.